The van der Waals surface area contributed by atoms with E-state index < -0.39 is 11.9 Å². The molecule has 0 fully saturated rings. The molecule has 26 heavy (non-hydrogen) atoms. The van der Waals surface area contributed by atoms with Crippen LogP contribution in [0.15, 0.2) is 36.4 Å². The summed E-state index contributed by atoms with van der Waals surface area (Å²) in [6.45, 7) is 6.19. The van der Waals surface area contributed by atoms with Gasteiger partial charge in [0.15, 0.2) is 0 Å². The molecule has 2 aromatic rings. The molecular formula is C21H23ClO4. The molecule has 1 heterocycles. The Bertz CT molecular complexity index is 812. The van der Waals surface area contributed by atoms with Gasteiger partial charge in [-0.15, -0.1) is 0 Å². The van der Waals surface area contributed by atoms with E-state index in [4.69, 9.17) is 26.2 Å². The first-order valence-corrected chi connectivity index (χ1v) is 9.07. The molecule has 5 heteroatoms. The number of benzene rings is 2. The molecule has 4 nitrogen and oxygen atoms in total. The summed E-state index contributed by atoms with van der Waals surface area (Å²) in [4.78, 5) is 11.0. The Balaban J connectivity index is 1.69. The van der Waals surface area contributed by atoms with Crippen LogP contribution < -0.4 is 9.47 Å². The summed E-state index contributed by atoms with van der Waals surface area (Å²) in [5, 5.41) is 9.68. The first-order chi connectivity index (χ1) is 12.2. The topological polar surface area (TPSA) is 55.8 Å². The van der Waals surface area contributed by atoms with Gasteiger partial charge >= 0.3 is 5.97 Å². The van der Waals surface area contributed by atoms with Crippen LogP contribution in [0.2, 0.25) is 5.02 Å². The van der Waals surface area contributed by atoms with Crippen molar-refractivity contribution in [2.75, 3.05) is 0 Å². The van der Waals surface area contributed by atoms with Crippen molar-refractivity contribution in [1.82, 2.24) is 0 Å². The second-order valence-electron chi connectivity index (χ2n) is 7.42. The van der Waals surface area contributed by atoms with Crippen LogP contribution in [0.1, 0.15) is 37.5 Å². The van der Waals surface area contributed by atoms with Crippen molar-refractivity contribution < 1.29 is 19.4 Å². The lowest BCUT2D eigenvalue weighted by molar-refractivity contribution is -0.141. The molecule has 1 aliphatic rings. The van der Waals surface area contributed by atoms with E-state index in [2.05, 4.69) is 13.8 Å². The third-order valence-electron chi connectivity index (χ3n) is 4.59. The number of carbonyl (C=O) groups is 1. The Kier molecular flexibility index (Phi) is 5.15. The van der Waals surface area contributed by atoms with E-state index in [1.165, 1.54) is 0 Å². The van der Waals surface area contributed by atoms with Crippen molar-refractivity contribution in [2.24, 2.45) is 5.92 Å². The molecule has 138 valence electrons. The zero-order valence-electron chi connectivity index (χ0n) is 15.2. The molecule has 0 bridgehead atoms. The Morgan fingerprint density at radius 3 is 2.62 bits per heavy atom. The third-order valence-corrected chi connectivity index (χ3v) is 4.94. The van der Waals surface area contributed by atoms with E-state index in [9.17, 15) is 4.79 Å². The highest BCUT2D eigenvalue weighted by Crippen LogP contribution is 2.40. The van der Waals surface area contributed by atoms with E-state index in [-0.39, 0.29) is 5.60 Å². The molecule has 2 aromatic carbocycles. The highest BCUT2D eigenvalue weighted by molar-refractivity contribution is 6.31. The molecule has 0 saturated carbocycles. The molecule has 1 N–H and O–H groups in total. The fraction of sp³-hybridized carbons (Fsp3) is 0.381. The Morgan fingerprint density at radius 2 is 1.96 bits per heavy atom. The maximum atomic E-state index is 11.0. The second kappa shape index (κ2) is 7.20. The zero-order valence-corrected chi connectivity index (χ0v) is 16.0. The summed E-state index contributed by atoms with van der Waals surface area (Å²) < 4.78 is 11.9. The monoisotopic (exact) mass is 374 g/mol. The molecular weight excluding hydrogens is 352 g/mol. The largest absolute Gasteiger partial charge is 0.489 e. The van der Waals surface area contributed by atoms with E-state index in [1.807, 2.05) is 36.4 Å². The van der Waals surface area contributed by atoms with Gasteiger partial charge in [0.1, 0.15) is 23.7 Å². The van der Waals surface area contributed by atoms with Gasteiger partial charge in [0.2, 0.25) is 0 Å². The number of hydrogen-bond acceptors (Lipinski definition) is 3. The first kappa shape index (κ1) is 18.6. The predicted molar refractivity (Wildman–Crippen MR) is 101 cm³/mol. The lowest BCUT2D eigenvalue weighted by Crippen LogP contribution is -2.24. The molecule has 1 atom stereocenters. The van der Waals surface area contributed by atoms with Gasteiger partial charge in [-0.05, 0) is 50.1 Å². The van der Waals surface area contributed by atoms with Crippen LogP contribution >= 0.6 is 11.6 Å². The predicted octanol–water partition coefficient (Wildman–Crippen LogP) is 4.90. The quantitative estimate of drug-likeness (QED) is 0.781. The van der Waals surface area contributed by atoms with Crippen molar-refractivity contribution in [1.29, 1.82) is 0 Å². The van der Waals surface area contributed by atoms with E-state index in [0.717, 1.165) is 34.6 Å². The van der Waals surface area contributed by atoms with E-state index >= 15 is 0 Å². The van der Waals surface area contributed by atoms with E-state index in [1.54, 1.807) is 6.92 Å². The number of rotatable bonds is 6. The number of aliphatic carboxylic acids is 1. The summed E-state index contributed by atoms with van der Waals surface area (Å²) >= 11 is 6.39. The fourth-order valence-corrected chi connectivity index (χ4v) is 3.40. The summed E-state index contributed by atoms with van der Waals surface area (Å²) in [5.41, 5.74) is 2.80. The van der Waals surface area contributed by atoms with Crippen molar-refractivity contribution >= 4 is 17.6 Å². The lowest BCUT2D eigenvalue weighted by atomic mass is 9.97. The van der Waals surface area contributed by atoms with Crippen LogP contribution in [-0.2, 0) is 24.2 Å². The minimum atomic E-state index is -0.789. The van der Waals surface area contributed by atoms with Gasteiger partial charge in [-0.3, -0.25) is 4.79 Å². The zero-order chi connectivity index (χ0) is 18.9. The normalized spacial score (nSPS) is 15.8. The van der Waals surface area contributed by atoms with Gasteiger partial charge in [-0.25, -0.2) is 0 Å². The first-order valence-electron chi connectivity index (χ1n) is 8.69. The highest BCUT2D eigenvalue weighted by atomic mass is 35.5. The molecule has 0 aromatic heterocycles. The Morgan fingerprint density at radius 1 is 1.27 bits per heavy atom. The molecule has 0 aliphatic carbocycles. The second-order valence-corrected chi connectivity index (χ2v) is 7.82. The number of carboxylic acids is 1. The van der Waals surface area contributed by atoms with Crippen molar-refractivity contribution in [3.8, 4) is 11.5 Å². The minimum Gasteiger partial charge on any atom is -0.489 e. The summed E-state index contributed by atoms with van der Waals surface area (Å²) in [5.74, 6) is 0.401. The summed E-state index contributed by atoms with van der Waals surface area (Å²) in [7, 11) is 0. The summed E-state index contributed by atoms with van der Waals surface area (Å²) in [6.07, 6.45) is 1.30. The number of halogens is 1. The standard InChI is InChI=1S/C21H23ClO4/c1-13(20(23)24)10-14-4-6-15(7-5-14)25-12-17-16-11-21(2,3)26-19(16)9-8-18(17)22/h4-9,13H,10-12H2,1-3H3,(H,23,24). The maximum absolute atomic E-state index is 11.0. The SMILES string of the molecule is CC(Cc1ccc(OCc2c(Cl)ccc3c2CC(C)(C)O3)cc1)C(=O)O. The third kappa shape index (κ3) is 4.13. The van der Waals surface area contributed by atoms with Crippen LogP contribution in [-0.4, -0.2) is 16.7 Å². The van der Waals surface area contributed by atoms with E-state index in [0.29, 0.717) is 18.1 Å². The molecule has 0 saturated heterocycles. The molecule has 1 unspecified atom stereocenters. The molecule has 0 spiro atoms. The molecule has 0 radical (unpaired) electrons. The van der Waals surface area contributed by atoms with Gasteiger partial charge < -0.3 is 14.6 Å². The Hall–Kier alpha value is -2.20. The molecule has 3 rings (SSSR count). The fourth-order valence-electron chi connectivity index (χ4n) is 3.17. The van der Waals surface area contributed by atoms with Gasteiger partial charge in [0, 0.05) is 22.6 Å². The van der Waals surface area contributed by atoms with Gasteiger partial charge in [-0.2, -0.15) is 0 Å². The summed E-state index contributed by atoms with van der Waals surface area (Å²) in [6, 6.07) is 11.3. The number of carboxylic acid groups (broad SMARTS) is 1. The maximum Gasteiger partial charge on any atom is 0.306 e. The Labute approximate surface area is 158 Å². The smallest absolute Gasteiger partial charge is 0.306 e. The minimum absolute atomic E-state index is 0.232. The van der Waals surface area contributed by atoms with Gasteiger partial charge in [0.25, 0.3) is 0 Å². The van der Waals surface area contributed by atoms with Crippen LogP contribution in [0.3, 0.4) is 0 Å². The van der Waals surface area contributed by atoms with Gasteiger partial charge in [-0.1, -0.05) is 30.7 Å². The van der Waals surface area contributed by atoms with Crippen LogP contribution in [0, 0.1) is 5.92 Å². The van der Waals surface area contributed by atoms with Crippen LogP contribution in [0.4, 0.5) is 0 Å². The molecule has 0 amide bonds. The number of fused-ring (bicyclic) bond motifs is 1. The van der Waals surface area contributed by atoms with Gasteiger partial charge in [0.05, 0.1) is 5.92 Å². The number of ether oxygens (including phenoxy) is 2. The van der Waals surface area contributed by atoms with Crippen molar-refractivity contribution in [3.63, 3.8) is 0 Å². The molecule has 1 aliphatic heterocycles. The highest BCUT2D eigenvalue weighted by Gasteiger charge is 2.32. The lowest BCUT2D eigenvalue weighted by Gasteiger charge is -2.16. The van der Waals surface area contributed by atoms with Crippen molar-refractivity contribution in [3.05, 3.63) is 58.1 Å². The van der Waals surface area contributed by atoms with Crippen molar-refractivity contribution in [2.45, 2.75) is 45.8 Å². The van der Waals surface area contributed by atoms with Crippen LogP contribution in [0.25, 0.3) is 0 Å². The van der Waals surface area contributed by atoms with Crippen LogP contribution in [0.5, 0.6) is 11.5 Å². The average Bonchev–Trinajstić information content (AvgIpc) is 2.89. The number of hydrogen-bond donors (Lipinski definition) is 1. The average molecular weight is 375 g/mol.